The van der Waals surface area contributed by atoms with E-state index in [0.717, 1.165) is 33.2 Å². The number of pyridine rings is 1. The van der Waals surface area contributed by atoms with E-state index in [4.69, 9.17) is 4.98 Å². The highest BCUT2D eigenvalue weighted by Gasteiger charge is 2.16. The Kier molecular flexibility index (Phi) is 4.43. The molecular weight excluding hydrogens is 412 g/mol. The van der Waals surface area contributed by atoms with Gasteiger partial charge in [0.25, 0.3) is 5.91 Å². The molecule has 0 aliphatic carbocycles. The number of carbonyl (C=O) groups excluding carboxylic acids is 1. The molecule has 0 saturated heterocycles. The van der Waals surface area contributed by atoms with Crippen LogP contribution in [-0.4, -0.2) is 30.8 Å². The number of hydrogen-bond acceptors (Lipinski definition) is 4. The third kappa shape index (κ3) is 3.51. The first kappa shape index (κ1) is 18.9. The zero-order valence-corrected chi connectivity index (χ0v) is 17.4. The first-order valence-electron chi connectivity index (χ1n) is 10.5. The Morgan fingerprint density at radius 2 is 1.61 bits per heavy atom. The van der Waals surface area contributed by atoms with Crippen molar-refractivity contribution in [2.45, 2.75) is 0 Å². The van der Waals surface area contributed by atoms with Gasteiger partial charge in [0.2, 0.25) is 5.95 Å². The fourth-order valence-corrected chi connectivity index (χ4v) is 3.87. The number of amides is 1. The molecule has 1 amide bonds. The number of aromatic amines is 2. The molecule has 3 N–H and O–H groups in total. The topological polar surface area (TPSA) is 99.3 Å². The highest BCUT2D eigenvalue weighted by Crippen LogP contribution is 2.25. The van der Waals surface area contributed by atoms with Gasteiger partial charge in [0.15, 0.2) is 5.82 Å². The van der Waals surface area contributed by atoms with Gasteiger partial charge in [0.1, 0.15) is 11.2 Å². The van der Waals surface area contributed by atoms with Crippen LogP contribution in [0.15, 0.2) is 91.3 Å². The summed E-state index contributed by atoms with van der Waals surface area (Å²) in [5, 5.41) is 4.98. The van der Waals surface area contributed by atoms with Crippen molar-refractivity contribution < 1.29 is 4.79 Å². The molecule has 0 unspecified atom stereocenters. The number of imidazole rings is 2. The molecule has 3 aromatic heterocycles. The van der Waals surface area contributed by atoms with Crippen molar-refractivity contribution >= 4 is 33.7 Å². The predicted molar refractivity (Wildman–Crippen MR) is 129 cm³/mol. The van der Waals surface area contributed by atoms with Gasteiger partial charge in [0, 0.05) is 11.6 Å². The summed E-state index contributed by atoms with van der Waals surface area (Å²) >= 11 is 0. The van der Waals surface area contributed by atoms with Crippen LogP contribution in [0, 0.1) is 0 Å². The Balaban J connectivity index is 1.32. The molecule has 0 spiro atoms. The summed E-state index contributed by atoms with van der Waals surface area (Å²) in [6, 6.07) is 25.3. The quantitative estimate of drug-likeness (QED) is 0.348. The first-order chi connectivity index (χ1) is 16.2. The monoisotopic (exact) mass is 430 g/mol. The molecule has 7 heteroatoms. The lowest BCUT2D eigenvalue weighted by atomic mass is 10.1. The van der Waals surface area contributed by atoms with E-state index >= 15 is 0 Å². The number of hydrogen-bond donors (Lipinski definition) is 3. The molecule has 0 atom stereocenters. The molecule has 7 nitrogen and oxygen atoms in total. The Bertz CT molecular complexity index is 1620. The number of fused-ring (bicyclic) bond motifs is 2. The highest BCUT2D eigenvalue weighted by molar-refractivity contribution is 6.11. The van der Waals surface area contributed by atoms with Gasteiger partial charge >= 0.3 is 0 Å². The van der Waals surface area contributed by atoms with Gasteiger partial charge in [-0.1, -0.05) is 60.7 Å². The Morgan fingerprint density at radius 1 is 0.788 bits per heavy atom. The van der Waals surface area contributed by atoms with Crippen molar-refractivity contribution in [2.24, 2.45) is 0 Å². The van der Waals surface area contributed by atoms with Crippen LogP contribution >= 0.6 is 0 Å². The minimum Gasteiger partial charge on any atom is -0.337 e. The Morgan fingerprint density at radius 3 is 2.48 bits per heavy atom. The largest absolute Gasteiger partial charge is 0.337 e. The smallest absolute Gasteiger partial charge is 0.260 e. The second-order valence-corrected chi connectivity index (χ2v) is 7.67. The van der Waals surface area contributed by atoms with Crippen LogP contribution in [-0.2, 0) is 0 Å². The number of anilines is 1. The molecule has 0 fully saturated rings. The third-order valence-corrected chi connectivity index (χ3v) is 5.52. The number of rotatable bonds is 4. The lowest BCUT2D eigenvalue weighted by Gasteiger charge is -2.03. The first-order valence-corrected chi connectivity index (χ1v) is 10.5. The van der Waals surface area contributed by atoms with E-state index in [2.05, 4.69) is 25.3 Å². The van der Waals surface area contributed by atoms with Crippen molar-refractivity contribution in [1.82, 2.24) is 24.9 Å². The fourth-order valence-electron chi connectivity index (χ4n) is 3.87. The predicted octanol–water partition coefficient (Wildman–Crippen LogP) is 5.42. The van der Waals surface area contributed by atoms with E-state index in [9.17, 15) is 4.79 Å². The van der Waals surface area contributed by atoms with Gasteiger partial charge in [-0.3, -0.25) is 15.1 Å². The van der Waals surface area contributed by atoms with Crippen LogP contribution < -0.4 is 5.32 Å². The standard InChI is InChI=1S/C26H18N6O/c33-25(32-26-28-15-22(30-26)16-7-2-1-3-8-16)19-11-6-12-20-23(19)31-24(29-20)21-13-17-9-4-5-10-18(17)14-27-21/h1-15H,(H,29,31)(H2,28,30,32,33). The van der Waals surface area contributed by atoms with E-state index in [-0.39, 0.29) is 5.91 Å². The molecule has 0 saturated carbocycles. The van der Waals surface area contributed by atoms with Crippen LogP contribution in [0.3, 0.4) is 0 Å². The zero-order chi connectivity index (χ0) is 22.2. The molecule has 6 aromatic rings. The number of aromatic nitrogens is 5. The van der Waals surface area contributed by atoms with Gasteiger partial charge < -0.3 is 9.97 Å². The van der Waals surface area contributed by atoms with Gasteiger partial charge in [-0.05, 0) is 29.1 Å². The van der Waals surface area contributed by atoms with Crippen molar-refractivity contribution in [2.75, 3.05) is 5.32 Å². The lowest BCUT2D eigenvalue weighted by molar-refractivity contribution is 0.102. The second-order valence-electron chi connectivity index (χ2n) is 7.67. The van der Waals surface area contributed by atoms with Gasteiger partial charge in [-0.2, -0.15) is 0 Å². The highest BCUT2D eigenvalue weighted by atomic mass is 16.1. The number of para-hydroxylation sites is 1. The van der Waals surface area contributed by atoms with Crippen LogP contribution in [0.1, 0.15) is 10.4 Å². The molecular formula is C26H18N6O. The Labute approximate surface area is 188 Å². The number of benzene rings is 3. The molecule has 6 rings (SSSR count). The summed E-state index contributed by atoms with van der Waals surface area (Å²) in [4.78, 5) is 33.0. The number of nitrogens with zero attached hydrogens (tertiary/aromatic N) is 3. The molecule has 0 aliphatic heterocycles. The molecule has 0 radical (unpaired) electrons. The molecule has 0 bridgehead atoms. The SMILES string of the molecule is O=C(Nc1ncc(-c2ccccc2)[nH]1)c1cccc2[nH]c(-c3cc4ccccc4cn3)nc12. The Hall–Kier alpha value is -4.78. The van der Waals surface area contributed by atoms with Crippen LogP contribution in [0.25, 0.3) is 44.6 Å². The average molecular weight is 430 g/mol. The lowest BCUT2D eigenvalue weighted by Crippen LogP contribution is -2.13. The molecule has 3 heterocycles. The summed E-state index contributed by atoms with van der Waals surface area (Å²) in [7, 11) is 0. The number of H-pyrrole nitrogens is 2. The maximum absolute atomic E-state index is 13.1. The van der Waals surface area contributed by atoms with E-state index < -0.39 is 0 Å². The molecule has 33 heavy (non-hydrogen) atoms. The fraction of sp³-hybridized carbons (Fsp3) is 0. The van der Waals surface area contributed by atoms with E-state index in [1.807, 2.05) is 79.0 Å². The summed E-state index contributed by atoms with van der Waals surface area (Å²) in [6.07, 6.45) is 3.52. The minimum atomic E-state index is -0.293. The maximum atomic E-state index is 13.1. The second kappa shape index (κ2) is 7.72. The summed E-state index contributed by atoms with van der Waals surface area (Å²) in [5.41, 5.74) is 4.33. The van der Waals surface area contributed by atoms with Crippen molar-refractivity contribution in [3.05, 3.63) is 96.8 Å². The minimum absolute atomic E-state index is 0.293. The average Bonchev–Trinajstić information content (AvgIpc) is 3.51. The van der Waals surface area contributed by atoms with Crippen LogP contribution in [0.5, 0.6) is 0 Å². The van der Waals surface area contributed by atoms with E-state index in [1.165, 1.54) is 0 Å². The van der Waals surface area contributed by atoms with Gasteiger partial charge in [-0.15, -0.1) is 0 Å². The van der Waals surface area contributed by atoms with Crippen molar-refractivity contribution in [3.8, 4) is 22.8 Å². The third-order valence-electron chi connectivity index (χ3n) is 5.52. The van der Waals surface area contributed by atoms with Crippen molar-refractivity contribution in [3.63, 3.8) is 0 Å². The summed E-state index contributed by atoms with van der Waals surface area (Å²) in [5.74, 6) is 0.697. The van der Waals surface area contributed by atoms with Crippen LogP contribution in [0.2, 0.25) is 0 Å². The van der Waals surface area contributed by atoms with Crippen molar-refractivity contribution in [1.29, 1.82) is 0 Å². The number of nitrogens with one attached hydrogen (secondary N) is 3. The maximum Gasteiger partial charge on any atom is 0.260 e. The normalized spacial score (nSPS) is 11.2. The number of carbonyl (C=O) groups is 1. The van der Waals surface area contributed by atoms with E-state index in [1.54, 1.807) is 12.3 Å². The van der Waals surface area contributed by atoms with Crippen LogP contribution in [0.4, 0.5) is 5.95 Å². The molecule has 0 aliphatic rings. The van der Waals surface area contributed by atoms with E-state index in [0.29, 0.717) is 22.9 Å². The van der Waals surface area contributed by atoms with Gasteiger partial charge in [0.05, 0.1) is 23.0 Å². The van der Waals surface area contributed by atoms with Gasteiger partial charge in [-0.25, -0.2) is 9.97 Å². The summed E-state index contributed by atoms with van der Waals surface area (Å²) in [6.45, 7) is 0. The summed E-state index contributed by atoms with van der Waals surface area (Å²) < 4.78 is 0. The molecule has 3 aromatic carbocycles. The molecule has 158 valence electrons. The zero-order valence-electron chi connectivity index (χ0n) is 17.4.